The number of para-hydroxylation sites is 1. The van der Waals surface area contributed by atoms with E-state index in [2.05, 4.69) is 24.2 Å². The molecule has 4 nitrogen and oxygen atoms in total. The largest absolute Gasteiger partial charge is 0.481 e. The van der Waals surface area contributed by atoms with E-state index in [0.29, 0.717) is 0 Å². The van der Waals surface area contributed by atoms with Gasteiger partial charge < -0.3 is 15.0 Å². The predicted molar refractivity (Wildman–Crippen MR) is 93.8 cm³/mol. The van der Waals surface area contributed by atoms with Gasteiger partial charge >= 0.3 is 0 Å². The monoisotopic (exact) mass is 318 g/mol. The fraction of sp³-hybridized carbons (Fsp3) is 0.632. The molecule has 1 heterocycles. The number of piperidine rings is 1. The number of hydrogen-bond donors (Lipinski definition) is 1. The molecule has 4 heteroatoms. The molecule has 23 heavy (non-hydrogen) atoms. The minimum atomic E-state index is -0.458. The molecule has 0 radical (unpaired) electrons. The number of nitrogens with zero attached hydrogens (tertiary/aromatic N) is 1. The third-order valence-corrected chi connectivity index (χ3v) is 4.72. The van der Waals surface area contributed by atoms with E-state index in [9.17, 15) is 4.79 Å². The number of ether oxygens (including phenoxy) is 1. The second kappa shape index (κ2) is 8.92. The Hall–Kier alpha value is -1.55. The van der Waals surface area contributed by atoms with Crippen LogP contribution >= 0.6 is 0 Å². The molecular weight excluding hydrogens is 288 g/mol. The minimum absolute atomic E-state index is 0.0242. The zero-order valence-electron chi connectivity index (χ0n) is 14.7. The zero-order chi connectivity index (χ0) is 16.7. The van der Waals surface area contributed by atoms with Gasteiger partial charge in [0.05, 0.1) is 0 Å². The SMILES string of the molecule is CCc1ccccc1O[C@H](C)C(=O)NCCC1CCN(C)CC1. The number of benzene rings is 1. The molecule has 0 bridgehead atoms. The lowest BCUT2D eigenvalue weighted by Crippen LogP contribution is -2.38. The molecule has 1 aromatic carbocycles. The van der Waals surface area contributed by atoms with Crippen LogP contribution < -0.4 is 10.1 Å². The molecule has 0 aliphatic carbocycles. The number of carbonyl (C=O) groups is 1. The van der Waals surface area contributed by atoms with E-state index in [4.69, 9.17) is 4.74 Å². The summed E-state index contributed by atoms with van der Waals surface area (Å²) in [5.41, 5.74) is 1.14. The van der Waals surface area contributed by atoms with Crippen LogP contribution in [-0.2, 0) is 11.2 Å². The van der Waals surface area contributed by atoms with E-state index in [-0.39, 0.29) is 5.91 Å². The third kappa shape index (κ3) is 5.54. The van der Waals surface area contributed by atoms with Crippen LogP contribution in [0.15, 0.2) is 24.3 Å². The van der Waals surface area contributed by atoms with E-state index in [0.717, 1.165) is 36.6 Å². The lowest BCUT2D eigenvalue weighted by Gasteiger charge is -2.29. The van der Waals surface area contributed by atoms with Gasteiger partial charge in [-0.2, -0.15) is 0 Å². The van der Waals surface area contributed by atoms with Crippen LogP contribution in [0.5, 0.6) is 5.75 Å². The molecule has 0 unspecified atom stereocenters. The van der Waals surface area contributed by atoms with Crippen molar-refractivity contribution in [1.82, 2.24) is 10.2 Å². The van der Waals surface area contributed by atoms with Crippen molar-refractivity contribution >= 4 is 5.91 Å². The van der Waals surface area contributed by atoms with Gasteiger partial charge in [0.25, 0.3) is 5.91 Å². The summed E-state index contributed by atoms with van der Waals surface area (Å²) in [6.07, 6.45) is 3.99. The normalized spacial score (nSPS) is 17.7. The summed E-state index contributed by atoms with van der Waals surface area (Å²) in [5, 5.41) is 3.02. The van der Waals surface area contributed by atoms with Crippen LogP contribution in [0.25, 0.3) is 0 Å². The number of rotatable bonds is 7. The summed E-state index contributed by atoms with van der Waals surface area (Å²) in [5.74, 6) is 1.53. The lowest BCUT2D eigenvalue weighted by atomic mass is 9.94. The number of nitrogens with one attached hydrogen (secondary N) is 1. The smallest absolute Gasteiger partial charge is 0.260 e. The summed E-state index contributed by atoms with van der Waals surface area (Å²) in [7, 11) is 2.17. The summed E-state index contributed by atoms with van der Waals surface area (Å²) in [6, 6.07) is 7.92. The summed E-state index contributed by atoms with van der Waals surface area (Å²) < 4.78 is 5.84. The van der Waals surface area contributed by atoms with Crippen molar-refractivity contribution in [3.63, 3.8) is 0 Å². The van der Waals surface area contributed by atoms with Gasteiger partial charge in [0.15, 0.2) is 6.10 Å². The summed E-state index contributed by atoms with van der Waals surface area (Å²) in [6.45, 7) is 7.00. The van der Waals surface area contributed by atoms with Gasteiger partial charge in [-0.3, -0.25) is 4.79 Å². The van der Waals surface area contributed by atoms with E-state index < -0.39 is 6.10 Å². The molecule has 1 N–H and O–H groups in total. The molecule has 1 aliphatic heterocycles. The Kier molecular flexibility index (Phi) is 6.90. The Labute approximate surface area is 140 Å². The van der Waals surface area contributed by atoms with E-state index in [1.54, 1.807) is 0 Å². The highest BCUT2D eigenvalue weighted by molar-refractivity contribution is 5.80. The third-order valence-electron chi connectivity index (χ3n) is 4.72. The molecule has 128 valence electrons. The van der Waals surface area contributed by atoms with Gasteiger partial charge in [-0.15, -0.1) is 0 Å². The summed E-state index contributed by atoms with van der Waals surface area (Å²) >= 11 is 0. The maximum absolute atomic E-state index is 12.2. The second-order valence-electron chi connectivity index (χ2n) is 6.55. The molecule has 1 atom stereocenters. The van der Waals surface area contributed by atoms with Gasteiger partial charge in [0.1, 0.15) is 5.75 Å². The van der Waals surface area contributed by atoms with Gasteiger partial charge in [-0.1, -0.05) is 25.1 Å². The second-order valence-corrected chi connectivity index (χ2v) is 6.55. The average molecular weight is 318 g/mol. The van der Waals surface area contributed by atoms with Gasteiger partial charge in [-0.05, 0) is 70.3 Å². The van der Waals surface area contributed by atoms with Crippen LogP contribution in [0, 0.1) is 5.92 Å². The first kappa shape index (κ1) is 17.8. The molecule has 1 amide bonds. The van der Waals surface area contributed by atoms with Crippen LogP contribution in [0.1, 0.15) is 38.7 Å². The number of amides is 1. The van der Waals surface area contributed by atoms with E-state index in [1.165, 1.54) is 25.9 Å². The highest BCUT2D eigenvalue weighted by Crippen LogP contribution is 2.20. The Morgan fingerprint density at radius 1 is 1.35 bits per heavy atom. The number of likely N-dealkylation sites (tertiary alicyclic amines) is 1. The minimum Gasteiger partial charge on any atom is -0.481 e. The van der Waals surface area contributed by atoms with Gasteiger partial charge in [-0.25, -0.2) is 0 Å². The molecule has 1 aliphatic rings. The fourth-order valence-electron chi connectivity index (χ4n) is 3.05. The van der Waals surface area contributed by atoms with Crippen molar-refractivity contribution in [1.29, 1.82) is 0 Å². The highest BCUT2D eigenvalue weighted by atomic mass is 16.5. The van der Waals surface area contributed by atoms with Crippen LogP contribution in [-0.4, -0.2) is 43.6 Å². The molecule has 2 rings (SSSR count). The predicted octanol–water partition coefficient (Wildman–Crippen LogP) is 2.86. The van der Waals surface area contributed by atoms with Crippen LogP contribution in [0.3, 0.4) is 0 Å². The number of aryl methyl sites for hydroxylation is 1. The van der Waals surface area contributed by atoms with E-state index >= 15 is 0 Å². The van der Waals surface area contributed by atoms with Gasteiger partial charge in [0, 0.05) is 6.54 Å². The topological polar surface area (TPSA) is 41.6 Å². The molecule has 1 saturated heterocycles. The maximum atomic E-state index is 12.2. The molecule has 1 fully saturated rings. The molecular formula is C19H30N2O2. The Bertz CT molecular complexity index is 496. The van der Waals surface area contributed by atoms with Crippen molar-refractivity contribution in [2.45, 2.75) is 45.6 Å². The van der Waals surface area contributed by atoms with Crippen molar-refractivity contribution in [2.75, 3.05) is 26.7 Å². The van der Waals surface area contributed by atoms with Gasteiger partial charge in [0.2, 0.25) is 0 Å². The van der Waals surface area contributed by atoms with Crippen molar-refractivity contribution in [3.05, 3.63) is 29.8 Å². The van der Waals surface area contributed by atoms with Crippen molar-refractivity contribution in [3.8, 4) is 5.75 Å². The standard InChI is InChI=1S/C19H30N2O2/c1-4-17-7-5-6-8-18(17)23-15(2)19(22)20-12-9-16-10-13-21(3)14-11-16/h5-8,15-16H,4,9-14H2,1-3H3,(H,20,22)/t15-/m1/s1. The molecule has 1 aromatic rings. The van der Waals surface area contributed by atoms with Crippen LogP contribution in [0.2, 0.25) is 0 Å². The number of hydrogen-bond acceptors (Lipinski definition) is 3. The first-order valence-corrected chi connectivity index (χ1v) is 8.81. The Balaban J connectivity index is 1.72. The average Bonchev–Trinajstić information content (AvgIpc) is 2.57. The maximum Gasteiger partial charge on any atom is 0.260 e. The molecule has 0 saturated carbocycles. The molecule has 0 aromatic heterocycles. The Morgan fingerprint density at radius 2 is 2.04 bits per heavy atom. The lowest BCUT2D eigenvalue weighted by molar-refractivity contribution is -0.127. The fourth-order valence-corrected chi connectivity index (χ4v) is 3.05. The first-order chi connectivity index (χ1) is 11.1. The van der Waals surface area contributed by atoms with Crippen molar-refractivity contribution in [2.24, 2.45) is 5.92 Å². The Morgan fingerprint density at radius 3 is 2.74 bits per heavy atom. The first-order valence-electron chi connectivity index (χ1n) is 8.81. The quantitative estimate of drug-likeness (QED) is 0.840. The number of carbonyl (C=O) groups excluding carboxylic acids is 1. The summed E-state index contributed by atoms with van der Waals surface area (Å²) in [4.78, 5) is 14.6. The molecule has 0 spiro atoms. The van der Waals surface area contributed by atoms with E-state index in [1.807, 2.05) is 31.2 Å². The van der Waals surface area contributed by atoms with Crippen molar-refractivity contribution < 1.29 is 9.53 Å². The van der Waals surface area contributed by atoms with Crippen LogP contribution in [0.4, 0.5) is 0 Å². The highest BCUT2D eigenvalue weighted by Gasteiger charge is 2.18. The zero-order valence-corrected chi connectivity index (χ0v) is 14.7.